The van der Waals surface area contributed by atoms with Crippen LogP contribution in [0.15, 0.2) is 59.5 Å². The van der Waals surface area contributed by atoms with Gasteiger partial charge in [-0.1, -0.05) is 23.7 Å². The van der Waals surface area contributed by atoms with Gasteiger partial charge in [-0.05, 0) is 61.9 Å². The molecule has 1 aromatic heterocycles. The highest BCUT2D eigenvalue weighted by Gasteiger charge is 2.14. The number of anilines is 1. The van der Waals surface area contributed by atoms with Crippen molar-refractivity contribution >= 4 is 27.3 Å². The van der Waals surface area contributed by atoms with E-state index in [9.17, 15) is 8.42 Å². The van der Waals surface area contributed by atoms with Crippen LogP contribution in [0, 0.1) is 13.8 Å². The molecule has 0 unspecified atom stereocenters. The largest absolute Gasteiger partial charge is 0.280 e. The van der Waals surface area contributed by atoms with Crippen LogP contribution in [0.4, 0.5) is 5.69 Å². The smallest absolute Gasteiger partial charge is 0.261 e. The highest BCUT2D eigenvalue weighted by Crippen LogP contribution is 2.19. The van der Waals surface area contributed by atoms with Crippen LogP contribution in [0.3, 0.4) is 0 Å². The number of rotatable bonds is 5. The van der Waals surface area contributed by atoms with Gasteiger partial charge >= 0.3 is 0 Å². The van der Waals surface area contributed by atoms with Crippen LogP contribution in [0.2, 0.25) is 5.02 Å². The van der Waals surface area contributed by atoms with E-state index in [1.165, 1.54) is 12.1 Å². The molecule has 0 radical (unpaired) electrons. The molecule has 0 amide bonds. The zero-order chi connectivity index (χ0) is 18.0. The quantitative estimate of drug-likeness (QED) is 0.733. The van der Waals surface area contributed by atoms with Gasteiger partial charge in [-0.25, -0.2) is 8.42 Å². The molecule has 0 spiro atoms. The number of nitrogens with zero attached hydrogens (tertiary/aromatic N) is 2. The van der Waals surface area contributed by atoms with Crippen molar-refractivity contribution in [2.45, 2.75) is 25.3 Å². The molecule has 0 saturated carbocycles. The topological polar surface area (TPSA) is 64.0 Å². The average Bonchev–Trinajstić information content (AvgIpc) is 2.85. The Morgan fingerprint density at radius 1 is 1.08 bits per heavy atom. The molecule has 0 atom stereocenters. The standard InChI is InChI=1S/C18H18ClN3O2S/c1-13-10-14(2)22(20-13)12-15-4-3-5-17(11-15)21-25(23,24)18-8-6-16(19)7-9-18/h3-11,21H,12H2,1-2H3. The highest BCUT2D eigenvalue weighted by molar-refractivity contribution is 7.92. The first-order valence-corrected chi connectivity index (χ1v) is 9.58. The Hall–Kier alpha value is -2.31. The minimum absolute atomic E-state index is 0.167. The number of aromatic nitrogens is 2. The summed E-state index contributed by atoms with van der Waals surface area (Å²) in [4.78, 5) is 0.167. The second kappa shape index (κ2) is 6.90. The molecule has 0 bridgehead atoms. The lowest BCUT2D eigenvalue weighted by molar-refractivity contribution is 0.601. The molecule has 1 heterocycles. The molecule has 1 N–H and O–H groups in total. The first-order chi connectivity index (χ1) is 11.8. The maximum atomic E-state index is 12.5. The summed E-state index contributed by atoms with van der Waals surface area (Å²) >= 11 is 5.81. The van der Waals surface area contributed by atoms with Crippen molar-refractivity contribution in [3.8, 4) is 0 Å². The molecular formula is C18H18ClN3O2S. The third kappa shape index (κ3) is 4.21. The van der Waals surface area contributed by atoms with Crippen molar-refractivity contribution in [2.24, 2.45) is 0 Å². The third-order valence-corrected chi connectivity index (χ3v) is 5.39. The fraction of sp³-hybridized carbons (Fsp3) is 0.167. The lowest BCUT2D eigenvalue weighted by Gasteiger charge is -2.10. The van der Waals surface area contributed by atoms with Crippen molar-refractivity contribution < 1.29 is 8.42 Å². The minimum atomic E-state index is -3.65. The van der Waals surface area contributed by atoms with Crippen LogP contribution in [0.25, 0.3) is 0 Å². The van der Waals surface area contributed by atoms with E-state index in [0.29, 0.717) is 17.3 Å². The third-order valence-electron chi connectivity index (χ3n) is 3.74. The summed E-state index contributed by atoms with van der Waals surface area (Å²) in [6, 6.07) is 15.4. The maximum absolute atomic E-state index is 12.5. The number of aryl methyl sites for hydroxylation is 2. The van der Waals surface area contributed by atoms with Gasteiger partial charge in [-0.3, -0.25) is 9.40 Å². The predicted molar refractivity (Wildman–Crippen MR) is 99.5 cm³/mol. The molecule has 25 heavy (non-hydrogen) atoms. The normalized spacial score (nSPS) is 11.5. The summed E-state index contributed by atoms with van der Waals surface area (Å²) in [6.45, 7) is 4.52. The Labute approximate surface area is 152 Å². The summed E-state index contributed by atoms with van der Waals surface area (Å²) in [5.74, 6) is 0. The molecule has 130 valence electrons. The second-order valence-electron chi connectivity index (χ2n) is 5.84. The van der Waals surface area contributed by atoms with Crippen molar-refractivity contribution in [1.82, 2.24) is 9.78 Å². The first-order valence-electron chi connectivity index (χ1n) is 7.72. The zero-order valence-corrected chi connectivity index (χ0v) is 15.5. The van der Waals surface area contributed by atoms with E-state index in [1.54, 1.807) is 18.2 Å². The number of hydrogen-bond donors (Lipinski definition) is 1. The summed E-state index contributed by atoms with van der Waals surface area (Å²) in [6.07, 6.45) is 0. The van der Waals surface area contributed by atoms with Crippen molar-refractivity contribution in [2.75, 3.05) is 4.72 Å². The molecule has 0 aliphatic rings. The van der Waals surface area contributed by atoms with E-state index in [4.69, 9.17) is 11.6 Å². The number of nitrogens with one attached hydrogen (secondary N) is 1. The van der Waals surface area contributed by atoms with Crippen LogP contribution in [-0.4, -0.2) is 18.2 Å². The van der Waals surface area contributed by atoms with E-state index in [-0.39, 0.29) is 4.90 Å². The van der Waals surface area contributed by atoms with Crippen LogP contribution >= 0.6 is 11.6 Å². The van der Waals surface area contributed by atoms with Gasteiger partial charge < -0.3 is 0 Å². The number of halogens is 1. The molecule has 0 fully saturated rings. The average molecular weight is 376 g/mol. The van der Waals surface area contributed by atoms with Crippen LogP contribution in [-0.2, 0) is 16.6 Å². The van der Waals surface area contributed by atoms with Gasteiger partial charge in [-0.15, -0.1) is 0 Å². The predicted octanol–water partition coefficient (Wildman–Crippen LogP) is 4.00. The molecule has 3 aromatic rings. The van der Waals surface area contributed by atoms with E-state index in [1.807, 2.05) is 42.8 Å². The van der Waals surface area contributed by atoms with Gasteiger partial charge in [0.2, 0.25) is 0 Å². The summed E-state index contributed by atoms with van der Waals surface area (Å²) in [5, 5.41) is 4.92. The van der Waals surface area contributed by atoms with E-state index in [2.05, 4.69) is 9.82 Å². The molecular weight excluding hydrogens is 358 g/mol. The van der Waals surface area contributed by atoms with Crippen LogP contribution < -0.4 is 4.72 Å². The monoisotopic (exact) mass is 375 g/mol. The van der Waals surface area contributed by atoms with E-state index in [0.717, 1.165) is 17.0 Å². The van der Waals surface area contributed by atoms with Gasteiger partial charge in [0.25, 0.3) is 10.0 Å². The summed E-state index contributed by atoms with van der Waals surface area (Å²) in [5.41, 5.74) is 3.48. The van der Waals surface area contributed by atoms with Crippen molar-refractivity contribution in [1.29, 1.82) is 0 Å². The van der Waals surface area contributed by atoms with E-state index >= 15 is 0 Å². The summed E-state index contributed by atoms with van der Waals surface area (Å²) in [7, 11) is -3.65. The Morgan fingerprint density at radius 2 is 1.80 bits per heavy atom. The minimum Gasteiger partial charge on any atom is -0.280 e. The van der Waals surface area contributed by atoms with Gasteiger partial charge in [-0.2, -0.15) is 5.10 Å². The van der Waals surface area contributed by atoms with Crippen molar-refractivity contribution in [3.63, 3.8) is 0 Å². The van der Waals surface area contributed by atoms with Gasteiger partial charge in [0.1, 0.15) is 0 Å². The molecule has 0 aliphatic heterocycles. The highest BCUT2D eigenvalue weighted by atomic mass is 35.5. The van der Waals surface area contributed by atoms with Gasteiger partial charge in [0.15, 0.2) is 0 Å². The molecule has 5 nitrogen and oxygen atoms in total. The fourth-order valence-corrected chi connectivity index (χ4v) is 3.74. The van der Waals surface area contributed by atoms with E-state index < -0.39 is 10.0 Å². The Balaban J connectivity index is 1.81. The second-order valence-corrected chi connectivity index (χ2v) is 7.96. The summed E-state index contributed by atoms with van der Waals surface area (Å²) < 4.78 is 29.4. The lowest BCUT2D eigenvalue weighted by atomic mass is 10.2. The molecule has 2 aromatic carbocycles. The fourth-order valence-electron chi connectivity index (χ4n) is 2.57. The van der Waals surface area contributed by atoms with Gasteiger partial charge in [0.05, 0.1) is 17.1 Å². The molecule has 0 aliphatic carbocycles. The van der Waals surface area contributed by atoms with Gasteiger partial charge in [0, 0.05) is 16.4 Å². The van der Waals surface area contributed by atoms with Crippen molar-refractivity contribution in [3.05, 3.63) is 76.6 Å². The Kier molecular flexibility index (Phi) is 4.83. The molecule has 0 saturated heterocycles. The Morgan fingerprint density at radius 3 is 2.44 bits per heavy atom. The SMILES string of the molecule is Cc1cc(C)n(Cc2cccc(NS(=O)(=O)c3ccc(Cl)cc3)c2)n1. The number of sulfonamides is 1. The molecule has 3 rings (SSSR count). The van der Waals surface area contributed by atoms with Crippen LogP contribution in [0.5, 0.6) is 0 Å². The maximum Gasteiger partial charge on any atom is 0.261 e. The Bertz CT molecular complexity index is 995. The molecule has 7 heteroatoms. The number of hydrogen-bond acceptors (Lipinski definition) is 3. The van der Waals surface area contributed by atoms with Crippen LogP contribution in [0.1, 0.15) is 17.0 Å². The lowest BCUT2D eigenvalue weighted by Crippen LogP contribution is -2.13. The first kappa shape index (κ1) is 17.5. The number of benzene rings is 2. The zero-order valence-electron chi connectivity index (χ0n) is 13.9.